The quantitative estimate of drug-likeness (QED) is 0.624. The highest BCUT2D eigenvalue weighted by Gasteiger charge is 2.26. The van der Waals surface area contributed by atoms with Gasteiger partial charge in [-0.05, 0) is 48.6 Å². The van der Waals surface area contributed by atoms with Crippen LogP contribution in [-0.2, 0) is 17.6 Å². The molecule has 5 rings (SSSR count). The van der Waals surface area contributed by atoms with Crippen LogP contribution in [0.5, 0.6) is 11.5 Å². The van der Waals surface area contributed by atoms with Crippen molar-refractivity contribution in [2.24, 2.45) is 5.92 Å². The number of amides is 1. The average molecular weight is 423 g/mol. The van der Waals surface area contributed by atoms with E-state index in [-0.39, 0.29) is 30.3 Å². The highest BCUT2D eigenvalue weighted by molar-refractivity contribution is 5.79. The summed E-state index contributed by atoms with van der Waals surface area (Å²) in [6, 6.07) is 12.0. The van der Waals surface area contributed by atoms with Crippen LogP contribution >= 0.6 is 0 Å². The summed E-state index contributed by atoms with van der Waals surface area (Å²) in [5.74, 6) is 2.04. The third kappa shape index (κ3) is 4.23. The van der Waals surface area contributed by atoms with Gasteiger partial charge in [0.25, 0.3) is 0 Å². The van der Waals surface area contributed by atoms with Gasteiger partial charge in [0.15, 0.2) is 11.5 Å². The zero-order valence-corrected chi connectivity index (χ0v) is 16.9. The number of fused-ring (bicyclic) bond motifs is 1. The summed E-state index contributed by atoms with van der Waals surface area (Å²) < 4.78 is 30.0. The van der Waals surface area contributed by atoms with Crippen molar-refractivity contribution >= 4 is 5.91 Å². The number of piperidine rings is 1. The molecule has 160 valence electrons. The van der Waals surface area contributed by atoms with Gasteiger partial charge in [0.2, 0.25) is 24.4 Å². The standard InChI is InChI=1S/C23H22FN3O4/c24-18-6-2-1-5-17(18)23-25-21(31-26-23)11-16-4-3-9-27(13-16)22(28)12-15-7-8-19-20(10-15)30-14-29-19/h1-2,5-8,10,16H,3-4,9,11-14H2. The van der Waals surface area contributed by atoms with Gasteiger partial charge in [0.1, 0.15) is 5.82 Å². The molecule has 1 amide bonds. The Bertz CT molecular complexity index is 1100. The molecule has 0 N–H and O–H groups in total. The number of nitrogens with zero attached hydrogens (tertiary/aromatic N) is 3. The molecule has 0 aliphatic carbocycles. The summed E-state index contributed by atoms with van der Waals surface area (Å²) in [7, 11) is 0. The van der Waals surface area contributed by atoms with Crippen LogP contribution in [0.1, 0.15) is 24.3 Å². The second-order valence-electron chi connectivity index (χ2n) is 7.91. The maximum atomic E-state index is 14.0. The number of halogens is 1. The Morgan fingerprint density at radius 3 is 2.94 bits per heavy atom. The lowest BCUT2D eigenvalue weighted by atomic mass is 9.94. The van der Waals surface area contributed by atoms with Gasteiger partial charge in [-0.3, -0.25) is 4.79 Å². The van der Waals surface area contributed by atoms with Gasteiger partial charge in [-0.1, -0.05) is 23.4 Å². The molecule has 31 heavy (non-hydrogen) atoms. The minimum atomic E-state index is -0.382. The van der Waals surface area contributed by atoms with Crippen molar-refractivity contribution < 1.29 is 23.2 Å². The zero-order valence-electron chi connectivity index (χ0n) is 16.9. The zero-order chi connectivity index (χ0) is 21.2. The predicted octanol–water partition coefficient (Wildman–Crippen LogP) is 3.63. The summed E-state index contributed by atoms with van der Waals surface area (Å²) in [5, 5.41) is 3.92. The first-order valence-corrected chi connectivity index (χ1v) is 10.4. The van der Waals surface area contributed by atoms with E-state index in [0.717, 1.165) is 24.9 Å². The maximum Gasteiger partial charge on any atom is 0.231 e. The van der Waals surface area contributed by atoms with E-state index < -0.39 is 0 Å². The fourth-order valence-corrected chi connectivity index (χ4v) is 4.13. The first kappa shape index (κ1) is 19.5. The lowest BCUT2D eigenvalue weighted by Gasteiger charge is -2.32. The molecule has 3 heterocycles. The normalized spacial score (nSPS) is 17.7. The Morgan fingerprint density at radius 2 is 2.03 bits per heavy atom. The van der Waals surface area contributed by atoms with Crippen molar-refractivity contribution in [2.75, 3.05) is 19.9 Å². The number of aromatic nitrogens is 2. The van der Waals surface area contributed by atoms with Gasteiger partial charge in [-0.2, -0.15) is 4.98 Å². The SMILES string of the molecule is O=C(Cc1ccc2c(c1)OCO2)N1CCCC(Cc2nc(-c3ccccc3F)no2)C1. The number of carbonyl (C=O) groups excluding carboxylic acids is 1. The highest BCUT2D eigenvalue weighted by Crippen LogP contribution is 2.33. The fourth-order valence-electron chi connectivity index (χ4n) is 4.13. The van der Waals surface area contributed by atoms with Crippen molar-refractivity contribution in [1.82, 2.24) is 15.0 Å². The lowest BCUT2D eigenvalue weighted by molar-refractivity contribution is -0.132. The van der Waals surface area contributed by atoms with Crippen LogP contribution in [0.15, 0.2) is 47.0 Å². The van der Waals surface area contributed by atoms with E-state index in [1.807, 2.05) is 23.1 Å². The number of hydrogen-bond acceptors (Lipinski definition) is 6. The van der Waals surface area contributed by atoms with Crippen molar-refractivity contribution in [3.05, 3.63) is 59.7 Å². The van der Waals surface area contributed by atoms with Gasteiger partial charge in [-0.25, -0.2) is 4.39 Å². The van der Waals surface area contributed by atoms with E-state index in [1.165, 1.54) is 6.07 Å². The number of carbonyl (C=O) groups is 1. The van der Waals surface area contributed by atoms with Crippen molar-refractivity contribution in [3.8, 4) is 22.9 Å². The van der Waals surface area contributed by atoms with Gasteiger partial charge >= 0.3 is 0 Å². The van der Waals surface area contributed by atoms with E-state index in [1.54, 1.807) is 18.2 Å². The first-order chi connectivity index (χ1) is 15.2. The summed E-state index contributed by atoms with van der Waals surface area (Å²) in [6.07, 6.45) is 2.79. The molecular formula is C23H22FN3O4. The molecule has 0 saturated carbocycles. The molecule has 1 saturated heterocycles. The molecule has 2 aromatic carbocycles. The molecule has 1 fully saturated rings. The third-order valence-corrected chi connectivity index (χ3v) is 5.71. The predicted molar refractivity (Wildman–Crippen MR) is 109 cm³/mol. The summed E-state index contributed by atoms with van der Waals surface area (Å²) >= 11 is 0. The molecule has 2 aliphatic rings. The van der Waals surface area contributed by atoms with Crippen molar-refractivity contribution in [2.45, 2.75) is 25.7 Å². The van der Waals surface area contributed by atoms with Crippen LogP contribution in [-0.4, -0.2) is 40.8 Å². The Balaban J connectivity index is 1.21. The van der Waals surface area contributed by atoms with Crippen LogP contribution in [0.25, 0.3) is 11.4 Å². The van der Waals surface area contributed by atoms with Crippen LogP contribution < -0.4 is 9.47 Å². The molecule has 0 spiro atoms. The number of hydrogen-bond donors (Lipinski definition) is 0. The van der Waals surface area contributed by atoms with Crippen LogP contribution in [0.4, 0.5) is 4.39 Å². The number of ether oxygens (including phenoxy) is 2. The van der Waals surface area contributed by atoms with E-state index >= 15 is 0 Å². The van der Waals surface area contributed by atoms with Gasteiger partial charge in [0, 0.05) is 19.5 Å². The average Bonchev–Trinajstić information content (AvgIpc) is 3.43. The Kier molecular flexibility index (Phi) is 5.28. The molecule has 0 radical (unpaired) electrons. The largest absolute Gasteiger partial charge is 0.454 e. The second-order valence-corrected chi connectivity index (χ2v) is 7.91. The Hall–Kier alpha value is -3.42. The first-order valence-electron chi connectivity index (χ1n) is 10.4. The van der Waals surface area contributed by atoms with Crippen LogP contribution in [0.3, 0.4) is 0 Å². The molecule has 1 atom stereocenters. The number of likely N-dealkylation sites (tertiary alicyclic amines) is 1. The lowest BCUT2D eigenvalue weighted by Crippen LogP contribution is -2.41. The highest BCUT2D eigenvalue weighted by atomic mass is 19.1. The second kappa shape index (κ2) is 8.37. The minimum absolute atomic E-state index is 0.0844. The number of rotatable bonds is 5. The van der Waals surface area contributed by atoms with Gasteiger partial charge in [0.05, 0.1) is 12.0 Å². The van der Waals surface area contributed by atoms with Gasteiger partial charge in [-0.15, -0.1) is 0 Å². The monoisotopic (exact) mass is 423 g/mol. The Morgan fingerprint density at radius 1 is 1.16 bits per heavy atom. The molecule has 7 nitrogen and oxygen atoms in total. The molecule has 3 aromatic rings. The minimum Gasteiger partial charge on any atom is -0.454 e. The fraction of sp³-hybridized carbons (Fsp3) is 0.348. The van der Waals surface area contributed by atoms with Crippen molar-refractivity contribution in [1.29, 1.82) is 0 Å². The summed E-state index contributed by atoms with van der Waals surface area (Å²) in [5.41, 5.74) is 1.23. The molecule has 8 heteroatoms. The third-order valence-electron chi connectivity index (χ3n) is 5.71. The smallest absolute Gasteiger partial charge is 0.231 e. The number of benzene rings is 2. The van der Waals surface area contributed by atoms with E-state index in [0.29, 0.717) is 42.3 Å². The summed E-state index contributed by atoms with van der Waals surface area (Å²) in [6.45, 7) is 1.60. The molecule has 2 aliphatic heterocycles. The van der Waals surface area contributed by atoms with Crippen LogP contribution in [0, 0.1) is 11.7 Å². The van der Waals surface area contributed by atoms with E-state index in [2.05, 4.69) is 10.1 Å². The van der Waals surface area contributed by atoms with Crippen LogP contribution in [0.2, 0.25) is 0 Å². The van der Waals surface area contributed by atoms with Gasteiger partial charge < -0.3 is 18.9 Å². The topological polar surface area (TPSA) is 77.7 Å². The van der Waals surface area contributed by atoms with E-state index in [9.17, 15) is 9.18 Å². The molecule has 1 unspecified atom stereocenters. The van der Waals surface area contributed by atoms with Crippen molar-refractivity contribution in [3.63, 3.8) is 0 Å². The molecular weight excluding hydrogens is 401 g/mol. The Labute approximate surface area is 178 Å². The van der Waals surface area contributed by atoms with E-state index in [4.69, 9.17) is 14.0 Å². The molecule has 1 aromatic heterocycles. The maximum absolute atomic E-state index is 14.0. The molecule has 0 bridgehead atoms. The summed E-state index contributed by atoms with van der Waals surface area (Å²) in [4.78, 5) is 19.1.